The third kappa shape index (κ3) is 5.00. The number of rotatable bonds is 6. The third-order valence-electron chi connectivity index (χ3n) is 2.67. The molecule has 0 unspecified atom stereocenters. The van der Waals surface area contributed by atoms with Crippen LogP contribution in [-0.2, 0) is 4.79 Å². The Morgan fingerprint density at radius 2 is 1.82 bits per heavy atom. The van der Waals surface area contributed by atoms with Crippen LogP contribution >= 0.6 is 15.9 Å². The van der Waals surface area contributed by atoms with E-state index in [-0.39, 0.29) is 23.9 Å². The number of amides is 1. The molecule has 2 rings (SSSR count). The van der Waals surface area contributed by atoms with Crippen LogP contribution in [0.3, 0.4) is 0 Å². The number of alkyl halides is 2. The first-order valence-corrected chi connectivity index (χ1v) is 7.17. The topological polar surface area (TPSA) is 50.4 Å². The Morgan fingerprint density at radius 1 is 1.14 bits per heavy atom. The summed E-state index contributed by atoms with van der Waals surface area (Å²) in [7, 11) is 0. The molecule has 0 saturated heterocycles. The predicted molar refractivity (Wildman–Crippen MR) is 84.3 cm³/mol. The standard InChI is InChI=1S/C15H13BrF2N2O2/c16-10-5-7-11(8-6-10)19-9-14(21)20-12-3-1-2-4-13(12)22-15(17)18/h1-8,15,19H,9H2,(H,20,21). The average Bonchev–Trinajstić information content (AvgIpc) is 2.48. The Morgan fingerprint density at radius 3 is 2.50 bits per heavy atom. The fourth-order valence-electron chi connectivity index (χ4n) is 1.71. The number of ether oxygens (including phenoxy) is 1. The van der Waals surface area contributed by atoms with Gasteiger partial charge in [-0.05, 0) is 36.4 Å². The highest BCUT2D eigenvalue weighted by molar-refractivity contribution is 9.10. The smallest absolute Gasteiger partial charge is 0.387 e. The number of halogens is 3. The van der Waals surface area contributed by atoms with Gasteiger partial charge in [0.1, 0.15) is 5.75 Å². The monoisotopic (exact) mass is 370 g/mol. The maximum Gasteiger partial charge on any atom is 0.387 e. The van der Waals surface area contributed by atoms with E-state index in [4.69, 9.17) is 0 Å². The maximum absolute atomic E-state index is 12.3. The number of carbonyl (C=O) groups is 1. The lowest BCUT2D eigenvalue weighted by atomic mass is 10.3. The zero-order valence-electron chi connectivity index (χ0n) is 11.4. The molecule has 0 aliphatic rings. The van der Waals surface area contributed by atoms with Gasteiger partial charge in [-0.25, -0.2) is 0 Å². The second-order valence-corrected chi connectivity index (χ2v) is 5.20. The van der Waals surface area contributed by atoms with Crippen molar-refractivity contribution in [1.82, 2.24) is 0 Å². The van der Waals surface area contributed by atoms with E-state index in [9.17, 15) is 13.6 Å². The fraction of sp³-hybridized carbons (Fsp3) is 0.133. The van der Waals surface area contributed by atoms with E-state index in [0.717, 1.165) is 10.2 Å². The SMILES string of the molecule is O=C(CNc1ccc(Br)cc1)Nc1ccccc1OC(F)F. The van der Waals surface area contributed by atoms with Crippen LogP contribution in [0.15, 0.2) is 53.0 Å². The molecule has 0 radical (unpaired) electrons. The minimum absolute atomic E-state index is 0.00461. The van der Waals surface area contributed by atoms with E-state index in [1.54, 1.807) is 12.1 Å². The van der Waals surface area contributed by atoms with Gasteiger partial charge < -0.3 is 15.4 Å². The minimum Gasteiger partial charge on any atom is -0.433 e. The quantitative estimate of drug-likeness (QED) is 0.804. The van der Waals surface area contributed by atoms with Crippen LogP contribution in [0, 0.1) is 0 Å². The summed E-state index contributed by atoms with van der Waals surface area (Å²) < 4.78 is 29.9. The zero-order chi connectivity index (χ0) is 15.9. The van der Waals surface area contributed by atoms with Gasteiger partial charge in [-0.1, -0.05) is 28.1 Å². The van der Waals surface area contributed by atoms with Crippen molar-refractivity contribution in [2.45, 2.75) is 6.61 Å². The van der Waals surface area contributed by atoms with Crippen molar-refractivity contribution in [3.05, 3.63) is 53.0 Å². The van der Waals surface area contributed by atoms with Crippen LogP contribution in [0.5, 0.6) is 5.75 Å². The first-order chi connectivity index (χ1) is 10.5. The lowest BCUT2D eigenvalue weighted by Gasteiger charge is -2.12. The number of anilines is 2. The number of carbonyl (C=O) groups excluding carboxylic acids is 1. The first kappa shape index (κ1) is 16.2. The van der Waals surface area contributed by atoms with Gasteiger partial charge in [-0.15, -0.1) is 0 Å². The highest BCUT2D eigenvalue weighted by atomic mass is 79.9. The van der Waals surface area contributed by atoms with Gasteiger partial charge in [0.2, 0.25) is 5.91 Å². The molecule has 0 aliphatic carbocycles. The van der Waals surface area contributed by atoms with Gasteiger partial charge in [0.25, 0.3) is 0 Å². The Bertz CT molecular complexity index is 636. The molecule has 0 aliphatic heterocycles. The molecule has 116 valence electrons. The van der Waals surface area contributed by atoms with Gasteiger partial charge >= 0.3 is 6.61 Å². The van der Waals surface area contributed by atoms with Crippen molar-refractivity contribution in [3.8, 4) is 5.75 Å². The van der Waals surface area contributed by atoms with Crippen molar-refractivity contribution in [2.24, 2.45) is 0 Å². The van der Waals surface area contributed by atoms with E-state index in [2.05, 4.69) is 31.3 Å². The van der Waals surface area contributed by atoms with Crippen LogP contribution in [0.2, 0.25) is 0 Å². The molecule has 2 N–H and O–H groups in total. The highest BCUT2D eigenvalue weighted by Gasteiger charge is 2.11. The Hall–Kier alpha value is -2.15. The zero-order valence-corrected chi connectivity index (χ0v) is 12.9. The summed E-state index contributed by atoms with van der Waals surface area (Å²) in [5.41, 5.74) is 0.973. The second-order valence-electron chi connectivity index (χ2n) is 4.28. The second kappa shape index (κ2) is 7.74. The lowest BCUT2D eigenvalue weighted by Crippen LogP contribution is -2.22. The number of nitrogens with one attached hydrogen (secondary N) is 2. The van der Waals surface area contributed by atoms with Crippen molar-refractivity contribution >= 4 is 33.2 Å². The Balaban J connectivity index is 1.93. The largest absolute Gasteiger partial charge is 0.433 e. The molecule has 2 aromatic rings. The molecule has 22 heavy (non-hydrogen) atoms. The van der Waals surface area contributed by atoms with Gasteiger partial charge in [0.05, 0.1) is 12.2 Å². The number of para-hydroxylation sites is 2. The predicted octanol–water partition coefficient (Wildman–Crippen LogP) is 4.10. The van der Waals surface area contributed by atoms with Crippen molar-refractivity contribution in [2.75, 3.05) is 17.2 Å². The number of hydrogen-bond donors (Lipinski definition) is 2. The van der Waals surface area contributed by atoms with E-state index in [1.807, 2.05) is 24.3 Å². The summed E-state index contributed by atoms with van der Waals surface area (Å²) in [4.78, 5) is 11.9. The first-order valence-electron chi connectivity index (χ1n) is 6.38. The molecule has 4 nitrogen and oxygen atoms in total. The molecule has 0 fully saturated rings. The molecule has 1 amide bonds. The fourth-order valence-corrected chi connectivity index (χ4v) is 1.98. The lowest BCUT2D eigenvalue weighted by molar-refractivity contribution is -0.114. The Labute approximate surface area is 134 Å². The molecule has 0 heterocycles. The molecule has 0 bridgehead atoms. The summed E-state index contributed by atoms with van der Waals surface area (Å²) in [5, 5.41) is 5.46. The van der Waals surface area contributed by atoms with Crippen molar-refractivity contribution < 1.29 is 18.3 Å². The maximum atomic E-state index is 12.3. The molecule has 0 saturated carbocycles. The third-order valence-corrected chi connectivity index (χ3v) is 3.20. The summed E-state index contributed by atoms with van der Waals surface area (Å²) in [6.07, 6.45) is 0. The average molecular weight is 371 g/mol. The number of benzene rings is 2. The van der Waals surface area contributed by atoms with Gasteiger partial charge in [0.15, 0.2) is 0 Å². The van der Waals surface area contributed by atoms with Crippen LogP contribution < -0.4 is 15.4 Å². The van der Waals surface area contributed by atoms with E-state index >= 15 is 0 Å². The van der Waals surface area contributed by atoms with E-state index < -0.39 is 6.61 Å². The van der Waals surface area contributed by atoms with Crippen LogP contribution in [0.4, 0.5) is 20.2 Å². The molecule has 0 aromatic heterocycles. The summed E-state index contributed by atoms with van der Waals surface area (Å²) in [6.45, 7) is -2.94. The molecule has 7 heteroatoms. The molecular formula is C15H13BrF2N2O2. The van der Waals surface area contributed by atoms with Crippen molar-refractivity contribution in [3.63, 3.8) is 0 Å². The summed E-state index contributed by atoms with van der Waals surface area (Å²) in [6, 6.07) is 13.3. The molecule has 2 aromatic carbocycles. The molecule has 0 atom stereocenters. The summed E-state index contributed by atoms with van der Waals surface area (Å²) >= 11 is 3.32. The molecule has 0 spiro atoms. The minimum atomic E-state index is -2.95. The normalized spacial score (nSPS) is 10.4. The number of hydrogen-bond acceptors (Lipinski definition) is 3. The van der Waals surface area contributed by atoms with Gasteiger partial charge in [-0.2, -0.15) is 8.78 Å². The van der Waals surface area contributed by atoms with Crippen molar-refractivity contribution in [1.29, 1.82) is 0 Å². The van der Waals surface area contributed by atoms with Crippen LogP contribution in [0.1, 0.15) is 0 Å². The summed E-state index contributed by atoms with van der Waals surface area (Å²) in [5.74, 6) is -0.442. The van der Waals surface area contributed by atoms with Crippen LogP contribution in [-0.4, -0.2) is 19.1 Å². The molecular weight excluding hydrogens is 358 g/mol. The van der Waals surface area contributed by atoms with Gasteiger partial charge in [0, 0.05) is 10.2 Å². The highest BCUT2D eigenvalue weighted by Crippen LogP contribution is 2.25. The van der Waals surface area contributed by atoms with E-state index in [0.29, 0.717) is 0 Å². The van der Waals surface area contributed by atoms with Crippen LogP contribution in [0.25, 0.3) is 0 Å². The van der Waals surface area contributed by atoms with E-state index in [1.165, 1.54) is 12.1 Å². The Kier molecular flexibility index (Phi) is 5.71. The van der Waals surface area contributed by atoms with Gasteiger partial charge in [-0.3, -0.25) is 4.79 Å².